The quantitative estimate of drug-likeness (QED) is 0.0982. The van der Waals surface area contributed by atoms with Crippen molar-refractivity contribution < 1.29 is 18.3 Å². The molecule has 0 aliphatic heterocycles. The number of benzene rings is 4. The van der Waals surface area contributed by atoms with Gasteiger partial charge in [0.1, 0.15) is 13.2 Å². The Hall–Kier alpha value is -4.68. The molecule has 0 atom stereocenters. The molecule has 0 heterocycles. The average molecular weight is 579 g/mol. The molecule has 0 bridgehead atoms. The Morgan fingerprint density at radius 2 is 1.00 bits per heavy atom. The van der Waals surface area contributed by atoms with Crippen LogP contribution >= 0.6 is 0 Å². The van der Waals surface area contributed by atoms with E-state index in [9.17, 15) is 8.78 Å². The lowest BCUT2D eigenvalue weighted by molar-refractivity contribution is 0.290. The summed E-state index contributed by atoms with van der Waals surface area (Å²) in [6.07, 6.45) is 9.39. The van der Waals surface area contributed by atoms with Crippen LogP contribution in [0.4, 0.5) is 14.5 Å². The minimum absolute atomic E-state index is 0.237. The van der Waals surface area contributed by atoms with E-state index < -0.39 is 0 Å². The van der Waals surface area contributed by atoms with E-state index in [-0.39, 0.29) is 36.3 Å². The average Bonchev–Trinajstić information content (AvgIpc) is 3.03. The number of hydrogen-bond donors (Lipinski definition) is 0. The third-order valence-corrected chi connectivity index (χ3v) is 7.36. The van der Waals surface area contributed by atoms with Crippen LogP contribution < -0.4 is 9.47 Å². The second kappa shape index (κ2) is 16.7. The molecule has 43 heavy (non-hydrogen) atoms. The van der Waals surface area contributed by atoms with Gasteiger partial charge in [0.25, 0.3) is 0 Å². The molecule has 4 aromatic carbocycles. The smallest absolute Gasteiger partial charge is 0.187 e. The number of rotatable bonds is 16. The molecule has 0 N–H and O–H groups in total. The van der Waals surface area contributed by atoms with Crippen molar-refractivity contribution in [2.45, 2.75) is 71.0 Å². The van der Waals surface area contributed by atoms with Gasteiger partial charge in [-0.15, -0.1) is 0 Å². The first kappa shape index (κ1) is 31.3. The van der Waals surface area contributed by atoms with Crippen molar-refractivity contribution in [1.29, 1.82) is 5.26 Å². The van der Waals surface area contributed by atoms with E-state index in [0.717, 1.165) is 80.0 Å². The van der Waals surface area contributed by atoms with Gasteiger partial charge in [-0.2, -0.15) is 5.26 Å². The van der Waals surface area contributed by atoms with E-state index >= 15 is 0 Å². The summed E-state index contributed by atoms with van der Waals surface area (Å²) < 4.78 is 40.3. The molecule has 4 aromatic rings. The van der Waals surface area contributed by atoms with Gasteiger partial charge in [0.2, 0.25) is 0 Å². The highest BCUT2D eigenvalue weighted by molar-refractivity contribution is 5.45. The first-order valence-corrected chi connectivity index (χ1v) is 14.8. The minimum Gasteiger partial charge on any atom is -0.486 e. The molecule has 6 heteroatoms. The Bertz CT molecular complexity index is 1420. The summed E-state index contributed by atoms with van der Waals surface area (Å²) in [6, 6.07) is 26.6. The van der Waals surface area contributed by atoms with Crippen molar-refractivity contribution in [2.75, 3.05) is 0 Å². The van der Waals surface area contributed by atoms with Gasteiger partial charge in [-0.05, 0) is 84.3 Å². The summed E-state index contributed by atoms with van der Waals surface area (Å²) in [7, 11) is 0. The lowest BCUT2D eigenvalue weighted by atomic mass is 10.0. The van der Waals surface area contributed by atoms with E-state index in [4.69, 9.17) is 21.3 Å². The second-order valence-corrected chi connectivity index (χ2v) is 10.7. The molecule has 0 fully saturated rings. The monoisotopic (exact) mass is 578 g/mol. The number of unbranched alkanes of at least 4 members (excludes halogenated alkanes) is 6. The lowest BCUT2D eigenvalue weighted by Crippen LogP contribution is -1.98. The molecule has 0 spiro atoms. The zero-order valence-corrected chi connectivity index (χ0v) is 24.3. The number of hydrogen-bond acceptors (Lipinski definition) is 3. The lowest BCUT2D eigenvalue weighted by Gasteiger charge is -2.09. The van der Waals surface area contributed by atoms with Crippen molar-refractivity contribution >= 4 is 5.69 Å². The van der Waals surface area contributed by atoms with E-state index in [1.165, 1.54) is 0 Å². The number of aryl methyl sites for hydroxylation is 2. The zero-order valence-electron chi connectivity index (χ0n) is 24.3. The van der Waals surface area contributed by atoms with Crippen LogP contribution in [0.3, 0.4) is 0 Å². The fourth-order valence-electron chi connectivity index (χ4n) is 4.84. The van der Waals surface area contributed by atoms with Gasteiger partial charge in [-0.3, -0.25) is 0 Å². The van der Waals surface area contributed by atoms with Crippen molar-refractivity contribution in [3.05, 3.63) is 136 Å². The topological polar surface area (TPSA) is 46.6 Å². The van der Waals surface area contributed by atoms with Gasteiger partial charge >= 0.3 is 0 Å². The maximum Gasteiger partial charge on any atom is 0.187 e. The molecule has 0 aliphatic carbocycles. The molecule has 0 radical (unpaired) electrons. The molecule has 4 nitrogen and oxygen atoms in total. The summed E-state index contributed by atoms with van der Waals surface area (Å²) in [4.78, 5) is 3.37. The van der Waals surface area contributed by atoms with Crippen molar-refractivity contribution in [1.82, 2.24) is 0 Å². The van der Waals surface area contributed by atoms with E-state index in [1.807, 2.05) is 36.4 Å². The zero-order chi connectivity index (χ0) is 30.3. The van der Waals surface area contributed by atoms with Crippen molar-refractivity contribution in [2.24, 2.45) is 0 Å². The molecule has 0 saturated heterocycles. The maximum absolute atomic E-state index is 14.5. The third kappa shape index (κ3) is 10.3. The third-order valence-electron chi connectivity index (χ3n) is 7.36. The van der Waals surface area contributed by atoms with Gasteiger partial charge in [0, 0.05) is 0 Å². The van der Waals surface area contributed by atoms with Crippen LogP contribution in [0.15, 0.2) is 84.9 Å². The summed E-state index contributed by atoms with van der Waals surface area (Å²) in [5, 5.41) is 8.88. The predicted octanol–water partition coefficient (Wildman–Crippen LogP) is 10.1. The van der Waals surface area contributed by atoms with Crippen LogP contribution in [0.1, 0.15) is 72.8 Å². The molecule has 0 aromatic heterocycles. The maximum atomic E-state index is 14.5. The van der Waals surface area contributed by atoms with Crippen LogP contribution in [0.2, 0.25) is 0 Å². The number of nitriles is 1. The van der Waals surface area contributed by atoms with Gasteiger partial charge in [0.15, 0.2) is 28.8 Å². The first-order valence-electron chi connectivity index (χ1n) is 14.8. The Labute approximate surface area is 253 Å². The van der Waals surface area contributed by atoms with Gasteiger partial charge < -0.3 is 9.47 Å². The minimum atomic E-state index is -0.350. The molecule has 0 saturated carbocycles. The summed E-state index contributed by atoms with van der Waals surface area (Å²) in [5.74, 6) is -0.220. The standard InChI is InChI=1S/C37H36F2N2O2/c1-41-33-19-15-32(16-20-33)27-43-37-22-18-29(24-35(37)39)10-8-6-4-2-3-5-7-9-28-17-21-36(34(38)23-28)42-26-31-13-11-30(25-40)12-14-31/h11-24H,2-10,26-27H2. The Morgan fingerprint density at radius 1 is 0.581 bits per heavy atom. The Balaban J connectivity index is 1.05. The molecule has 0 amide bonds. The SMILES string of the molecule is [C-]#[N+]c1ccc(COc2ccc(CCCCCCCCCc3ccc(OCc4ccc(C#N)cc4)c(F)c3)cc2F)cc1. The number of ether oxygens (including phenoxy) is 2. The van der Waals surface area contributed by atoms with Crippen LogP contribution in [-0.4, -0.2) is 0 Å². The van der Waals surface area contributed by atoms with Gasteiger partial charge in [0.05, 0.1) is 18.2 Å². The highest BCUT2D eigenvalue weighted by atomic mass is 19.1. The van der Waals surface area contributed by atoms with Crippen LogP contribution in [0, 0.1) is 29.5 Å². The number of halogens is 2. The predicted molar refractivity (Wildman–Crippen MR) is 165 cm³/mol. The van der Waals surface area contributed by atoms with Gasteiger partial charge in [-0.1, -0.05) is 80.6 Å². The highest BCUT2D eigenvalue weighted by Crippen LogP contribution is 2.23. The Kier molecular flexibility index (Phi) is 12.1. The summed E-state index contributed by atoms with van der Waals surface area (Å²) in [5.41, 5.74) is 4.88. The first-order chi connectivity index (χ1) is 21.0. The molecule has 4 rings (SSSR count). The van der Waals surface area contributed by atoms with Crippen LogP contribution in [-0.2, 0) is 26.1 Å². The fraction of sp³-hybridized carbons (Fsp3) is 0.297. The highest BCUT2D eigenvalue weighted by Gasteiger charge is 2.08. The van der Waals surface area contributed by atoms with Crippen molar-refractivity contribution in [3.8, 4) is 17.6 Å². The molecular formula is C37H36F2N2O2. The van der Waals surface area contributed by atoms with E-state index in [2.05, 4.69) is 10.9 Å². The fourth-order valence-corrected chi connectivity index (χ4v) is 4.84. The Morgan fingerprint density at radius 3 is 1.42 bits per heavy atom. The van der Waals surface area contributed by atoms with Crippen molar-refractivity contribution in [3.63, 3.8) is 0 Å². The van der Waals surface area contributed by atoms with Gasteiger partial charge in [-0.25, -0.2) is 13.6 Å². The van der Waals surface area contributed by atoms with E-state index in [1.54, 1.807) is 48.5 Å². The summed E-state index contributed by atoms with van der Waals surface area (Å²) in [6.45, 7) is 7.51. The summed E-state index contributed by atoms with van der Waals surface area (Å²) >= 11 is 0. The molecule has 0 unspecified atom stereocenters. The largest absolute Gasteiger partial charge is 0.486 e. The van der Waals surface area contributed by atoms with Crippen LogP contribution in [0.5, 0.6) is 11.5 Å². The number of nitrogens with zero attached hydrogens (tertiary/aromatic N) is 2. The normalized spacial score (nSPS) is 10.6. The van der Waals surface area contributed by atoms with E-state index in [0.29, 0.717) is 11.3 Å². The van der Waals surface area contributed by atoms with Crippen LogP contribution in [0.25, 0.3) is 4.85 Å². The second-order valence-electron chi connectivity index (χ2n) is 10.7. The molecule has 220 valence electrons. The molecule has 0 aliphatic rings. The molecular weight excluding hydrogens is 542 g/mol.